The lowest BCUT2D eigenvalue weighted by Crippen LogP contribution is -2.50. The van der Waals surface area contributed by atoms with E-state index in [2.05, 4.69) is 42.5 Å². The molecule has 5 rings (SSSR count). The summed E-state index contributed by atoms with van der Waals surface area (Å²) >= 11 is 0. The Hall–Kier alpha value is -10.2. The van der Waals surface area contributed by atoms with Crippen molar-refractivity contribution in [1.29, 1.82) is 0 Å². The zero-order valence-electron chi connectivity index (χ0n) is 55.0. The molecular weight excluding hydrogens is 1250 g/mol. The van der Waals surface area contributed by atoms with E-state index in [4.69, 9.17) is 53.3 Å². The number of primary amides is 1. The number of nitrogens with one attached hydrogen (secondary N) is 8. The van der Waals surface area contributed by atoms with Gasteiger partial charge in [0.2, 0.25) is 29.5 Å². The maximum Gasteiger partial charge on any atom is 0.341 e. The van der Waals surface area contributed by atoms with Gasteiger partial charge in [0.1, 0.15) is 47.2 Å². The van der Waals surface area contributed by atoms with E-state index >= 15 is 0 Å². The van der Waals surface area contributed by atoms with Crippen LogP contribution in [0.4, 0.5) is 22.7 Å². The highest BCUT2D eigenvalue weighted by Gasteiger charge is 2.30. The number of methoxy groups -OCH3 is 3. The molecule has 97 heavy (non-hydrogen) atoms. The summed E-state index contributed by atoms with van der Waals surface area (Å²) in [4.78, 5) is 137. The van der Waals surface area contributed by atoms with Gasteiger partial charge in [0.25, 0.3) is 23.6 Å². The first-order chi connectivity index (χ1) is 46.7. The number of hydrogen-bond acceptors (Lipinski definition) is 19. The van der Waals surface area contributed by atoms with Crippen LogP contribution in [0.3, 0.4) is 0 Å². The Balaban J connectivity index is 1.36. The number of ether oxygens (including phenoxy) is 4. The molecule has 9 amide bonds. The molecule has 0 aromatic heterocycles. The van der Waals surface area contributed by atoms with Crippen LogP contribution in [0.5, 0.6) is 23.0 Å². The molecule has 0 aliphatic heterocycles. The lowest BCUT2D eigenvalue weighted by Gasteiger charge is -2.22. The van der Waals surface area contributed by atoms with E-state index in [0.717, 1.165) is 5.56 Å². The summed E-state index contributed by atoms with van der Waals surface area (Å²) in [5.74, 6) is -7.75. The fourth-order valence-electron chi connectivity index (χ4n) is 10.2. The summed E-state index contributed by atoms with van der Waals surface area (Å²) in [5, 5.41) is 31.5. The van der Waals surface area contributed by atoms with Crippen LogP contribution in [0.25, 0.3) is 0 Å². The molecule has 524 valence electrons. The molecular formula is C68H92N14O15. The third kappa shape index (κ3) is 25.1. The van der Waals surface area contributed by atoms with Crippen molar-refractivity contribution in [2.24, 2.45) is 34.4 Å². The van der Waals surface area contributed by atoms with Crippen molar-refractivity contribution < 1.29 is 72.0 Å². The largest absolute Gasteiger partial charge is 0.496 e. The van der Waals surface area contributed by atoms with E-state index in [-0.39, 0.29) is 113 Å². The number of rotatable bonds is 43. The number of benzene rings is 5. The molecule has 29 heteroatoms. The number of hydrogen-bond donors (Lipinski definition) is 15. The number of unbranched alkanes of at least 4 members (excludes halogenated alkanes) is 6. The molecule has 0 saturated heterocycles. The minimum atomic E-state index is -1.37. The van der Waals surface area contributed by atoms with E-state index in [1.165, 1.54) is 94.1 Å². The van der Waals surface area contributed by atoms with Crippen molar-refractivity contribution >= 4 is 81.9 Å². The molecule has 0 radical (unpaired) electrons. The standard InChI is InChI=1S/C68H92N14O15/c1-94-55-27-23-42(36-46(55)60(74)85)75-66(91)53(22-12-16-34-72)81-63(88)49-39-45(26-30-58(49)97-40-59(83)84)78-67(92)52(21-11-15-33-71)80-62(87)48-37-43(24-28-57(48)96-3)76-65(90)51(19-9-5-13-31-69)79-61(86)47-38-44(25-29-56(47)95-2)77-68(93)54(20-10-6-14-32-70)82-64(89)50(73)35-41-17-7-4-8-18-41/h4,7-8,17-18,23-30,36-39,50-54H,5-6,9-16,19-22,31-35,40,69-73H2,1-3H3,(H2,74,85)(H,75,91)(H,76,90)(H,77,93)(H,78,92)(H,79,86)(H,80,87)(H,81,88)(H,82,89)(H,83,84)/t50-,51-,52-,53-,54-/m0/s1. The van der Waals surface area contributed by atoms with Gasteiger partial charge in [0.15, 0.2) is 6.61 Å². The first-order valence-corrected chi connectivity index (χ1v) is 32.1. The summed E-state index contributed by atoms with van der Waals surface area (Å²) in [6, 6.07) is 20.2. The predicted molar refractivity (Wildman–Crippen MR) is 366 cm³/mol. The van der Waals surface area contributed by atoms with Gasteiger partial charge < -0.3 is 101 Å². The number of aliphatic carboxylic acids is 1. The number of carboxylic acid groups (broad SMARTS) is 1. The monoisotopic (exact) mass is 1340 g/mol. The zero-order valence-corrected chi connectivity index (χ0v) is 55.0. The van der Waals surface area contributed by atoms with Crippen LogP contribution in [0.1, 0.15) is 137 Å². The molecule has 29 nitrogen and oxygen atoms in total. The zero-order chi connectivity index (χ0) is 70.8. The average molecular weight is 1350 g/mol. The van der Waals surface area contributed by atoms with Crippen LogP contribution in [-0.2, 0) is 35.2 Å². The molecule has 0 saturated carbocycles. The quantitative estimate of drug-likeness (QED) is 0.0247. The second-order valence-electron chi connectivity index (χ2n) is 22.7. The lowest BCUT2D eigenvalue weighted by molar-refractivity contribution is -0.139. The van der Waals surface area contributed by atoms with E-state index in [1.54, 1.807) is 0 Å². The fraction of sp³-hybridized carbons (Fsp3) is 0.412. The highest BCUT2D eigenvalue weighted by atomic mass is 16.5. The van der Waals surface area contributed by atoms with Crippen LogP contribution in [0.2, 0.25) is 0 Å². The van der Waals surface area contributed by atoms with E-state index < -0.39 is 96.0 Å². The SMILES string of the molecule is COc1ccc(NC(=O)[C@H](CCCCN)NC(=O)c2cc(NC(=O)[C@H](CCCCN)NC(=O)c3cc(NC(=O)[C@H](CCCCCN)NC(=O)c4cc(NC(=O)[C@H](CCCCCN)NC(=O)[C@@H](N)Cc5ccccc5)ccc4OC)ccc3OC)ccc2OCC(=O)O)cc1C(N)=O. The third-order valence-electron chi connectivity index (χ3n) is 15.4. The van der Waals surface area contributed by atoms with Gasteiger partial charge in [0, 0.05) is 22.7 Å². The molecule has 0 bridgehead atoms. The first-order valence-electron chi connectivity index (χ1n) is 32.1. The van der Waals surface area contributed by atoms with Crippen molar-refractivity contribution in [2.75, 3.05) is 75.4 Å². The Labute approximate surface area is 563 Å². The predicted octanol–water partition coefficient (Wildman–Crippen LogP) is 3.78. The molecule has 0 unspecified atom stereocenters. The molecule has 0 fully saturated rings. The highest BCUT2D eigenvalue weighted by Crippen LogP contribution is 2.29. The van der Waals surface area contributed by atoms with Crippen LogP contribution in [0, 0.1) is 0 Å². The Kier molecular flexibility index (Phi) is 32.7. The van der Waals surface area contributed by atoms with Crippen LogP contribution in [0.15, 0.2) is 103 Å². The molecule has 5 aromatic rings. The van der Waals surface area contributed by atoms with Gasteiger partial charge in [-0.3, -0.25) is 43.2 Å². The topological polar surface area (TPSA) is 480 Å². The molecule has 0 spiro atoms. The van der Waals surface area contributed by atoms with E-state index in [9.17, 15) is 53.1 Å². The summed E-state index contributed by atoms with van der Waals surface area (Å²) in [6.45, 7) is 0.514. The average Bonchev–Trinajstić information content (AvgIpc) is 0.884. The highest BCUT2D eigenvalue weighted by molar-refractivity contribution is 6.08. The van der Waals surface area contributed by atoms with Gasteiger partial charge in [-0.25, -0.2) is 4.79 Å². The summed E-state index contributed by atoms with van der Waals surface area (Å²) in [7, 11) is 4.01. The molecule has 21 N–H and O–H groups in total. The van der Waals surface area contributed by atoms with Crippen molar-refractivity contribution in [3.63, 3.8) is 0 Å². The molecule has 0 aliphatic rings. The van der Waals surface area contributed by atoms with Crippen molar-refractivity contribution in [3.05, 3.63) is 131 Å². The Morgan fingerprint density at radius 2 is 0.722 bits per heavy atom. The number of carbonyl (C=O) groups excluding carboxylic acids is 9. The van der Waals surface area contributed by atoms with Crippen LogP contribution >= 0.6 is 0 Å². The maximum absolute atomic E-state index is 14.4. The second kappa shape index (κ2) is 40.9. The Morgan fingerprint density at radius 3 is 1.07 bits per heavy atom. The van der Waals surface area contributed by atoms with Crippen molar-refractivity contribution in [3.8, 4) is 23.0 Å². The summed E-state index contributed by atoms with van der Waals surface area (Å²) in [6.07, 6.45) is 6.18. The smallest absolute Gasteiger partial charge is 0.341 e. The summed E-state index contributed by atoms with van der Waals surface area (Å²) in [5.41, 5.74) is 35.8. The van der Waals surface area contributed by atoms with Gasteiger partial charge >= 0.3 is 5.97 Å². The van der Waals surface area contributed by atoms with Gasteiger partial charge in [-0.2, -0.15) is 0 Å². The minimum absolute atomic E-state index is 0.000875. The molecule has 5 atom stereocenters. The normalized spacial score (nSPS) is 12.4. The number of nitrogens with two attached hydrogens (primary N) is 6. The first kappa shape index (κ1) is 77.5. The number of anilines is 4. The summed E-state index contributed by atoms with van der Waals surface area (Å²) < 4.78 is 21.8. The van der Waals surface area contributed by atoms with E-state index in [0.29, 0.717) is 77.3 Å². The van der Waals surface area contributed by atoms with Gasteiger partial charge in [-0.15, -0.1) is 0 Å². The van der Waals surface area contributed by atoms with Crippen LogP contribution < -0.4 is 95.9 Å². The van der Waals surface area contributed by atoms with Gasteiger partial charge in [-0.05, 0) is 175 Å². The number of carboxylic acids is 1. The maximum atomic E-state index is 14.4. The number of amides is 9. The van der Waals surface area contributed by atoms with E-state index in [1.807, 2.05) is 30.3 Å². The fourth-order valence-corrected chi connectivity index (χ4v) is 10.2. The van der Waals surface area contributed by atoms with Crippen molar-refractivity contribution in [1.82, 2.24) is 21.3 Å². The minimum Gasteiger partial charge on any atom is -0.496 e. The second-order valence-corrected chi connectivity index (χ2v) is 22.7. The lowest BCUT2D eigenvalue weighted by atomic mass is 10.0. The van der Waals surface area contributed by atoms with Crippen LogP contribution in [-0.4, -0.2) is 149 Å². The third-order valence-corrected chi connectivity index (χ3v) is 15.4. The molecule has 0 heterocycles. The molecule has 0 aliphatic carbocycles. The molecule has 5 aromatic carbocycles. The van der Waals surface area contributed by atoms with Crippen molar-refractivity contribution in [2.45, 2.75) is 127 Å². The number of carbonyl (C=O) groups is 10. The van der Waals surface area contributed by atoms with Gasteiger partial charge in [-0.1, -0.05) is 56.0 Å². The Bertz CT molecular complexity index is 3490. The van der Waals surface area contributed by atoms with Gasteiger partial charge in [0.05, 0.1) is 49.6 Å². The Morgan fingerprint density at radius 1 is 0.402 bits per heavy atom.